The number of hydrogen-bond donors (Lipinski definition) is 3. The number of likely N-dealkylation sites (tertiary alicyclic amines) is 1. The number of hydrogen-bond acceptors (Lipinski definition) is 5. The highest BCUT2D eigenvalue weighted by Gasteiger charge is 2.29. The molecular formula is C18H21N5O2. The van der Waals surface area contributed by atoms with Crippen LogP contribution >= 0.6 is 0 Å². The van der Waals surface area contributed by atoms with Crippen LogP contribution in [0.3, 0.4) is 0 Å². The van der Waals surface area contributed by atoms with Gasteiger partial charge in [-0.05, 0) is 25.2 Å². The summed E-state index contributed by atoms with van der Waals surface area (Å²) in [5.74, 6) is -0.00977. The highest BCUT2D eigenvalue weighted by Crippen LogP contribution is 2.19. The molecular weight excluding hydrogens is 318 g/mol. The van der Waals surface area contributed by atoms with Crippen LogP contribution in [0, 0.1) is 0 Å². The molecule has 25 heavy (non-hydrogen) atoms. The van der Waals surface area contributed by atoms with Crippen LogP contribution in [0.4, 0.5) is 5.69 Å². The minimum atomic E-state index is -0.182. The molecule has 1 fully saturated rings. The van der Waals surface area contributed by atoms with Crippen molar-refractivity contribution in [1.29, 1.82) is 0 Å². The van der Waals surface area contributed by atoms with Crippen LogP contribution in [-0.4, -0.2) is 53.5 Å². The molecule has 3 N–H and O–H groups in total. The van der Waals surface area contributed by atoms with Crippen molar-refractivity contribution < 1.29 is 4.79 Å². The van der Waals surface area contributed by atoms with E-state index in [1.165, 1.54) is 0 Å². The van der Waals surface area contributed by atoms with Crippen molar-refractivity contribution in [1.82, 2.24) is 20.2 Å². The van der Waals surface area contributed by atoms with Crippen molar-refractivity contribution in [3.63, 3.8) is 0 Å². The third-order valence-electron chi connectivity index (χ3n) is 4.00. The molecule has 0 aromatic carbocycles. The lowest BCUT2D eigenvalue weighted by Crippen LogP contribution is -2.57. The van der Waals surface area contributed by atoms with Crippen molar-refractivity contribution >= 4 is 11.6 Å². The third kappa shape index (κ3) is 4.13. The van der Waals surface area contributed by atoms with E-state index >= 15 is 0 Å². The molecule has 1 aliphatic rings. The monoisotopic (exact) mass is 339 g/mol. The molecule has 1 saturated heterocycles. The molecule has 0 unspecified atom stereocenters. The van der Waals surface area contributed by atoms with Crippen LogP contribution in [0.25, 0.3) is 11.3 Å². The molecule has 7 heteroatoms. The fourth-order valence-corrected chi connectivity index (χ4v) is 2.63. The minimum Gasteiger partial charge on any atom is -0.374 e. The fourth-order valence-electron chi connectivity index (χ4n) is 2.63. The highest BCUT2D eigenvalue weighted by molar-refractivity contribution is 5.88. The number of nitrogens with one attached hydrogen (secondary N) is 3. The van der Waals surface area contributed by atoms with E-state index in [1.807, 2.05) is 25.2 Å². The second-order valence-corrected chi connectivity index (χ2v) is 5.89. The Morgan fingerprint density at radius 3 is 3.00 bits per heavy atom. The Hall–Kier alpha value is -2.93. The summed E-state index contributed by atoms with van der Waals surface area (Å²) in [4.78, 5) is 32.7. The molecule has 3 heterocycles. The van der Waals surface area contributed by atoms with Gasteiger partial charge in [0.25, 0.3) is 5.56 Å². The molecule has 1 amide bonds. The second-order valence-electron chi connectivity index (χ2n) is 5.89. The van der Waals surface area contributed by atoms with Gasteiger partial charge in [0.15, 0.2) is 0 Å². The predicted molar refractivity (Wildman–Crippen MR) is 97.4 cm³/mol. The van der Waals surface area contributed by atoms with E-state index < -0.39 is 0 Å². The van der Waals surface area contributed by atoms with Crippen molar-refractivity contribution in [2.45, 2.75) is 6.04 Å². The van der Waals surface area contributed by atoms with Crippen LogP contribution in [0.2, 0.25) is 0 Å². The quantitative estimate of drug-likeness (QED) is 0.679. The largest absolute Gasteiger partial charge is 0.374 e. The average Bonchev–Trinajstić information content (AvgIpc) is 2.60. The number of nitrogens with zero attached hydrogens (tertiary/aromatic N) is 2. The van der Waals surface area contributed by atoms with Gasteiger partial charge >= 0.3 is 0 Å². The van der Waals surface area contributed by atoms with Crippen molar-refractivity contribution in [3.8, 4) is 11.3 Å². The zero-order valence-electron chi connectivity index (χ0n) is 14.0. The van der Waals surface area contributed by atoms with Crippen molar-refractivity contribution in [2.24, 2.45) is 0 Å². The molecule has 0 bridgehead atoms. The Morgan fingerprint density at radius 2 is 2.28 bits per heavy atom. The first-order valence-electron chi connectivity index (χ1n) is 8.18. The van der Waals surface area contributed by atoms with Gasteiger partial charge in [-0.2, -0.15) is 0 Å². The zero-order chi connectivity index (χ0) is 17.6. The van der Waals surface area contributed by atoms with Gasteiger partial charge in [0.2, 0.25) is 5.91 Å². The van der Waals surface area contributed by atoms with E-state index in [9.17, 15) is 9.59 Å². The van der Waals surface area contributed by atoms with E-state index in [-0.39, 0.29) is 17.5 Å². The topological polar surface area (TPSA) is 90.1 Å². The molecule has 0 aliphatic carbocycles. The standard InChI is InChI=1S/C18H21N5O2/c1-19-7-4-6-17(24)23-11-14(12-23)22-16-9-13(10-21-18(16)25)15-5-2-3-8-20-15/h2-6,8-10,14,19,22H,7,11-12H2,1H3,(H,21,25). The highest BCUT2D eigenvalue weighted by atomic mass is 16.2. The van der Waals surface area contributed by atoms with Crippen LogP contribution < -0.4 is 16.2 Å². The number of H-pyrrole nitrogens is 1. The summed E-state index contributed by atoms with van der Waals surface area (Å²) < 4.78 is 0. The molecule has 0 atom stereocenters. The summed E-state index contributed by atoms with van der Waals surface area (Å²) in [5, 5.41) is 6.16. The van der Waals surface area contributed by atoms with Gasteiger partial charge in [0.1, 0.15) is 5.69 Å². The average molecular weight is 339 g/mol. The molecule has 1 aliphatic heterocycles. The lowest BCUT2D eigenvalue weighted by atomic mass is 10.1. The minimum absolute atomic E-state index is 0.00977. The van der Waals surface area contributed by atoms with E-state index in [0.717, 1.165) is 11.3 Å². The summed E-state index contributed by atoms with van der Waals surface area (Å²) in [6.45, 7) is 1.82. The van der Waals surface area contributed by atoms with Gasteiger partial charge in [-0.15, -0.1) is 0 Å². The lowest BCUT2D eigenvalue weighted by Gasteiger charge is -2.39. The lowest BCUT2D eigenvalue weighted by molar-refractivity contribution is -0.129. The van der Waals surface area contributed by atoms with Gasteiger partial charge in [-0.3, -0.25) is 14.6 Å². The Morgan fingerprint density at radius 1 is 1.44 bits per heavy atom. The maximum Gasteiger partial charge on any atom is 0.271 e. The van der Waals surface area contributed by atoms with E-state index in [0.29, 0.717) is 25.3 Å². The first-order valence-corrected chi connectivity index (χ1v) is 8.18. The smallest absolute Gasteiger partial charge is 0.271 e. The molecule has 0 radical (unpaired) electrons. The fraction of sp³-hybridized carbons (Fsp3) is 0.278. The number of rotatable bonds is 6. The van der Waals surface area contributed by atoms with Crippen LogP contribution in [0.15, 0.2) is 53.6 Å². The molecule has 3 rings (SSSR count). The first-order chi connectivity index (χ1) is 12.2. The SMILES string of the molecule is CNCC=CC(=O)N1CC(Nc2cc(-c3ccccn3)c[nH]c2=O)C1. The number of aromatic amines is 1. The van der Waals surface area contributed by atoms with Crippen molar-refractivity contribution in [3.05, 3.63) is 59.2 Å². The Kier molecular flexibility index (Phi) is 5.25. The molecule has 2 aromatic rings. The number of carbonyl (C=O) groups excluding carboxylic acids is 1. The second kappa shape index (κ2) is 7.76. The van der Waals surface area contributed by atoms with E-state index in [2.05, 4.69) is 20.6 Å². The Balaban J connectivity index is 1.61. The molecule has 0 spiro atoms. The summed E-state index contributed by atoms with van der Waals surface area (Å²) in [5.41, 5.74) is 1.94. The summed E-state index contributed by atoms with van der Waals surface area (Å²) >= 11 is 0. The molecule has 7 nitrogen and oxygen atoms in total. The van der Waals surface area contributed by atoms with Crippen LogP contribution in [0.1, 0.15) is 0 Å². The van der Waals surface area contributed by atoms with Crippen LogP contribution in [0.5, 0.6) is 0 Å². The Labute approximate surface area is 145 Å². The zero-order valence-corrected chi connectivity index (χ0v) is 14.0. The van der Waals surface area contributed by atoms with Gasteiger partial charge in [0, 0.05) is 43.7 Å². The summed E-state index contributed by atoms with van der Waals surface area (Å²) in [6, 6.07) is 7.50. The van der Waals surface area contributed by atoms with E-state index in [1.54, 1.807) is 35.5 Å². The number of anilines is 1. The van der Waals surface area contributed by atoms with Gasteiger partial charge < -0.3 is 20.5 Å². The molecule has 130 valence electrons. The third-order valence-corrected chi connectivity index (χ3v) is 4.00. The number of aromatic nitrogens is 2. The Bertz CT molecular complexity index is 810. The predicted octanol–water partition coefficient (Wildman–Crippen LogP) is 0.835. The maximum absolute atomic E-state index is 12.0. The van der Waals surface area contributed by atoms with Gasteiger partial charge in [0.05, 0.1) is 11.7 Å². The van der Waals surface area contributed by atoms with Crippen molar-refractivity contribution in [2.75, 3.05) is 32.0 Å². The number of amides is 1. The van der Waals surface area contributed by atoms with Gasteiger partial charge in [-0.1, -0.05) is 12.1 Å². The molecule has 0 saturated carbocycles. The number of carbonyl (C=O) groups is 1. The number of likely N-dealkylation sites (N-methyl/N-ethyl adjacent to an activating group) is 1. The summed E-state index contributed by atoms with van der Waals surface area (Å²) in [6.07, 6.45) is 6.73. The van der Waals surface area contributed by atoms with Gasteiger partial charge in [-0.25, -0.2) is 0 Å². The first kappa shape index (κ1) is 16.9. The van der Waals surface area contributed by atoms with E-state index in [4.69, 9.17) is 0 Å². The molecule has 2 aromatic heterocycles. The van der Waals surface area contributed by atoms with Crippen LogP contribution in [-0.2, 0) is 4.79 Å². The normalized spacial score (nSPS) is 14.5. The number of pyridine rings is 2. The maximum atomic E-state index is 12.0. The summed E-state index contributed by atoms with van der Waals surface area (Å²) in [7, 11) is 1.83.